The van der Waals surface area contributed by atoms with Gasteiger partial charge in [0.1, 0.15) is 11.5 Å². The lowest BCUT2D eigenvalue weighted by Crippen LogP contribution is -2.08. The van der Waals surface area contributed by atoms with Gasteiger partial charge in [0, 0.05) is 0 Å². The van der Waals surface area contributed by atoms with E-state index in [0.717, 1.165) is 17.4 Å². The number of aryl methyl sites for hydroxylation is 3. The minimum absolute atomic E-state index is 0.790. The van der Waals surface area contributed by atoms with Crippen LogP contribution in [0.15, 0.2) is 72.8 Å². The van der Waals surface area contributed by atoms with Gasteiger partial charge < -0.3 is 4.74 Å². The number of hydrogen-bond donors (Lipinski definition) is 0. The fourth-order valence-corrected chi connectivity index (χ4v) is 2.93. The number of benzene rings is 3. The molecule has 0 heterocycles. The monoisotopic (exact) mass is 344 g/mol. The minimum Gasteiger partial charge on any atom is -0.457 e. The van der Waals surface area contributed by atoms with Gasteiger partial charge in [0.05, 0.1) is 0 Å². The lowest BCUT2D eigenvalue weighted by atomic mass is 9.80. The lowest BCUT2D eigenvalue weighted by Gasteiger charge is -2.25. The van der Waals surface area contributed by atoms with Crippen LogP contribution in [0.5, 0.6) is 11.5 Å². The highest BCUT2D eigenvalue weighted by atomic mass is 16.5. The fourth-order valence-electron chi connectivity index (χ4n) is 2.93. The second kappa shape index (κ2) is 8.71. The molecule has 1 saturated carbocycles. The van der Waals surface area contributed by atoms with E-state index in [1.165, 1.54) is 41.5 Å². The summed E-state index contributed by atoms with van der Waals surface area (Å²) < 4.78 is 5.82. The Bertz CT molecular complexity index is 773. The van der Waals surface area contributed by atoms with Crippen molar-refractivity contribution in [1.82, 2.24) is 0 Å². The molecule has 0 saturated heterocycles. The average Bonchev–Trinajstić information content (AvgIpc) is 2.60. The smallest absolute Gasteiger partial charge is 0.127 e. The van der Waals surface area contributed by atoms with Gasteiger partial charge in [0.2, 0.25) is 0 Å². The predicted octanol–water partition coefficient (Wildman–Crippen LogP) is 7.36. The molecule has 0 aliphatic heterocycles. The molecule has 0 bridgehead atoms. The molecular formula is C25H28O. The zero-order valence-electron chi connectivity index (χ0n) is 16.0. The first kappa shape index (κ1) is 18.3. The van der Waals surface area contributed by atoms with Crippen molar-refractivity contribution in [2.75, 3.05) is 0 Å². The molecule has 3 aromatic carbocycles. The minimum atomic E-state index is 0.790. The molecule has 0 aromatic heterocycles. The van der Waals surface area contributed by atoms with E-state index in [-0.39, 0.29) is 0 Å². The Labute approximate surface area is 157 Å². The van der Waals surface area contributed by atoms with E-state index in [1.807, 2.05) is 12.1 Å². The largest absolute Gasteiger partial charge is 0.457 e. The van der Waals surface area contributed by atoms with Crippen LogP contribution in [0.2, 0.25) is 0 Å². The van der Waals surface area contributed by atoms with Crippen LogP contribution in [-0.4, -0.2) is 0 Å². The van der Waals surface area contributed by atoms with E-state index in [4.69, 9.17) is 4.74 Å². The summed E-state index contributed by atoms with van der Waals surface area (Å²) in [5.41, 5.74) is 5.37. The lowest BCUT2D eigenvalue weighted by molar-refractivity contribution is 0.419. The topological polar surface area (TPSA) is 9.23 Å². The summed E-state index contributed by atoms with van der Waals surface area (Å²) in [6.07, 6.45) is 4.07. The van der Waals surface area contributed by atoms with Crippen LogP contribution in [0.3, 0.4) is 0 Å². The molecule has 1 fully saturated rings. The van der Waals surface area contributed by atoms with Gasteiger partial charge in [-0.05, 0) is 69.4 Å². The van der Waals surface area contributed by atoms with Crippen LogP contribution in [0.25, 0.3) is 0 Å². The van der Waals surface area contributed by atoms with Gasteiger partial charge >= 0.3 is 0 Å². The number of hydrogen-bond acceptors (Lipinski definition) is 1. The Morgan fingerprint density at radius 3 is 1.35 bits per heavy atom. The molecule has 1 aliphatic rings. The Kier molecular flexibility index (Phi) is 6.12. The second-order valence-electron chi connectivity index (χ2n) is 7.27. The molecule has 3 aromatic rings. The van der Waals surface area contributed by atoms with E-state index in [2.05, 4.69) is 81.4 Å². The van der Waals surface area contributed by atoms with Gasteiger partial charge in [-0.1, -0.05) is 71.6 Å². The highest BCUT2D eigenvalue weighted by Gasteiger charge is 2.18. The SMILES string of the molecule is Cc1ccc(C)cc1.Cc1ccc(Oc2ccc(C3CCC3)cc2)cc1. The van der Waals surface area contributed by atoms with E-state index in [1.54, 1.807) is 0 Å². The van der Waals surface area contributed by atoms with Crippen molar-refractivity contribution in [3.05, 3.63) is 95.1 Å². The summed E-state index contributed by atoms with van der Waals surface area (Å²) in [7, 11) is 0. The molecule has 1 nitrogen and oxygen atoms in total. The first-order valence-electron chi connectivity index (χ1n) is 9.48. The zero-order chi connectivity index (χ0) is 18.4. The van der Waals surface area contributed by atoms with Crippen molar-refractivity contribution in [2.24, 2.45) is 0 Å². The highest BCUT2D eigenvalue weighted by Crippen LogP contribution is 2.37. The van der Waals surface area contributed by atoms with Crippen LogP contribution in [0, 0.1) is 20.8 Å². The Hall–Kier alpha value is -2.54. The molecule has 0 unspecified atom stereocenters. The van der Waals surface area contributed by atoms with Gasteiger partial charge in [-0.25, -0.2) is 0 Å². The quantitative estimate of drug-likeness (QED) is 0.482. The van der Waals surface area contributed by atoms with Crippen molar-refractivity contribution in [3.8, 4) is 11.5 Å². The maximum Gasteiger partial charge on any atom is 0.127 e. The van der Waals surface area contributed by atoms with E-state index < -0.39 is 0 Å². The van der Waals surface area contributed by atoms with Gasteiger partial charge in [-0.2, -0.15) is 0 Å². The third-order valence-corrected chi connectivity index (χ3v) is 4.93. The van der Waals surface area contributed by atoms with Gasteiger partial charge in [0.25, 0.3) is 0 Å². The maximum absolute atomic E-state index is 5.82. The van der Waals surface area contributed by atoms with Crippen molar-refractivity contribution in [2.45, 2.75) is 46.0 Å². The molecule has 4 rings (SSSR count). The van der Waals surface area contributed by atoms with Crippen molar-refractivity contribution in [1.29, 1.82) is 0 Å². The third kappa shape index (κ3) is 5.23. The van der Waals surface area contributed by atoms with Crippen LogP contribution in [0.4, 0.5) is 0 Å². The summed E-state index contributed by atoms with van der Waals surface area (Å²) in [5, 5.41) is 0. The Morgan fingerprint density at radius 1 is 0.577 bits per heavy atom. The molecule has 0 amide bonds. The molecule has 1 heteroatoms. The maximum atomic E-state index is 5.82. The molecule has 0 radical (unpaired) electrons. The van der Waals surface area contributed by atoms with E-state index in [9.17, 15) is 0 Å². The van der Waals surface area contributed by atoms with Crippen molar-refractivity contribution < 1.29 is 4.74 Å². The summed E-state index contributed by atoms with van der Waals surface area (Å²) in [6, 6.07) is 25.2. The van der Waals surface area contributed by atoms with E-state index >= 15 is 0 Å². The first-order valence-corrected chi connectivity index (χ1v) is 9.48. The van der Waals surface area contributed by atoms with Crippen LogP contribution in [-0.2, 0) is 0 Å². The summed E-state index contributed by atoms with van der Waals surface area (Å²) in [5.74, 6) is 2.61. The van der Waals surface area contributed by atoms with Crippen LogP contribution < -0.4 is 4.74 Å². The molecule has 0 atom stereocenters. The first-order chi connectivity index (χ1) is 12.6. The molecule has 134 valence electrons. The van der Waals surface area contributed by atoms with Crippen molar-refractivity contribution in [3.63, 3.8) is 0 Å². The van der Waals surface area contributed by atoms with E-state index in [0.29, 0.717) is 0 Å². The van der Waals surface area contributed by atoms with Gasteiger partial charge in [-0.15, -0.1) is 0 Å². The molecular weight excluding hydrogens is 316 g/mol. The molecule has 0 N–H and O–H groups in total. The zero-order valence-corrected chi connectivity index (χ0v) is 16.0. The molecule has 26 heavy (non-hydrogen) atoms. The summed E-state index contributed by atoms with van der Waals surface area (Å²) in [4.78, 5) is 0. The van der Waals surface area contributed by atoms with Crippen molar-refractivity contribution >= 4 is 0 Å². The standard InChI is InChI=1S/C17H18O.C8H10/c1-13-5-9-16(10-6-13)18-17-11-7-15(8-12-17)14-3-2-4-14;1-7-3-5-8(2)6-4-7/h5-12,14H,2-4H2,1H3;3-6H,1-2H3. The number of ether oxygens (including phenoxy) is 1. The second-order valence-corrected chi connectivity index (χ2v) is 7.27. The fraction of sp³-hybridized carbons (Fsp3) is 0.280. The van der Waals surface area contributed by atoms with Crippen LogP contribution >= 0.6 is 0 Å². The normalized spacial score (nSPS) is 13.3. The Morgan fingerprint density at radius 2 is 0.962 bits per heavy atom. The number of rotatable bonds is 3. The predicted molar refractivity (Wildman–Crippen MR) is 110 cm³/mol. The Balaban J connectivity index is 0.000000206. The van der Waals surface area contributed by atoms with Gasteiger partial charge in [0.15, 0.2) is 0 Å². The average molecular weight is 344 g/mol. The summed E-state index contributed by atoms with van der Waals surface area (Å²) in [6.45, 7) is 6.27. The summed E-state index contributed by atoms with van der Waals surface area (Å²) >= 11 is 0. The van der Waals surface area contributed by atoms with Crippen LogP contribution in [0.1, 0.15) is 47.4 Å². The highest BCUT2D eigenvalue weighted by molar-refractivity contribution is 5.35. The molecule has 0 spiro atoms. The van der Waals surface area contributed by atoms with Gasteiger partial charge in [-0.3, -0.25) is 0 Å². The third-order valence-electron chi connectivity index (χ3n) is 4.93. The molecule has 1 aliphatic carbocycles.